The molecule has 0 fully saturated rings. The topological polar surface area (TPSA) is 64.7 Å². The molecule has 0 aliphatic heterocycles. The fraction of sp³-hybridized carbons (Fsp3) is 0.182. The number of thioether (sulfide) groups is 1. The molecule has 7 heteroatoms. The van der Waals surface area contributed by atoms with Gasteiger partial charge in [-0.25, -0.2) is 9.97 Å². The largest absolute Gasteiger partial charge is 0.368 e. The molecule has 1 heterocycles. The number of rotatable bonds is 4. The van der Waals surface area contributed by atoms with Gasteiger partial charge in [0.1, 0.15) is 6.33 Å². The molecule has 94 valence electrons. The van der Waals surface area contributed by atoms with Gasteiger partial charge in [0, 0.05) is 5.75 Å². The van der Waals surface area contributed by atoms with Gasteiger partial charge in [0.2, 0.25) is 5.95 Å². The first-order valence-corrected chi connectivity index (χ1v) is 6.91. The summed E-state index contributed by atoms with van der Waals surface area (Å²) in [6.45, 7) is 0. The van der Waals surface area contributed by atoms with Crippen molar-refractivity contribution >= 4 is 40.9 Å². The Morgan fingerprint density at radius 3 is 2.83 bits per heavy atom. The van der Waals surface area contributed by atoms with E-state index in [1.807, 2.05) is 12.1 Å². The number of nitrogens with two attached hydrogens (primary N) is 1. The van der Waals surface area contributed by atoms with Crippen molar-refractivity contribution in [2.24, 2.45) is 0 Å². The van der Waals surface area contributed by atoms with Crippen LogP contribution in [0.25, 0.3) is 0 Å². The molecule has 2 rings (SSSR count). The van der Waals surface area contributed by atoms with E-state index in [4.69, 9.17) is 28.9 Å². The molecule has 0 aliphatic rings. The van der Waals surface area contributed by atoms with E-state index in [9.17, 15) is 0 Å². The summed E-state index contributed by atoms with van der Waals surface area (Å²) in [5.41, 5.74) is 6.48. The van der Waals surface area contributed by atoms with Crippen LogP contribution in [0, 0.1) is 0 Å². The minimum Gasteiger partial charge on any atom is -0.368 e. The zero-order chi connectivity index (χ0) is 13.0. The lowest BCUT2D eigenvalue weighted by molar-refractivity contribution is 0.914. The molecule has 0 bridgehead atoms. The number of anilines is 1. The smallest absolute Gasteiger partial charge is 0.223 e. The number of hydrogen-bond acceptors (Lipinski definition) is 5. The second-order valence-corrected chi connectivity index (χ2v) is 5.28. The lowest BCUT2D eigenvalue weighted by Gasteiger charge is -2.05. The Hall–Kier alpha value is -1.04. The van der Waals surface area contributed by atoms with Crippen LogP contribution in [0.15, 0.2) is 29.7 Å². The second-order valence-electron chi connectivity index (χ2n) is 3.44. The molecule has 4 nitrogen and oxygen atoms in total. The highest BCUT2D eigenvalue weighted by atomic mass is 35.5. The molecule has 0 amide bonds. The number of aryl methyl sites for hydroxylation is 1. The van der Waals surface area contributed by atoms with Gasteiger partial charge in [-0.15, -0.1) is 0 Å². The van der Waals surface area contributed by atoms with Gasteiger partial charge in [-0.05, 0) is 18.1 Å². The van der Waals surface area contributed by atoms with E-state index in [0.29, 0.717) is 15.2 Å². The van der Waals surface area contributed by atoms with Crippen molar-refractivity contribution < 1.29 is 0 Å². The van der Waals surface area contributed by atoms with Crippen molar-refractivity contribution in [2.75, 3.05) is 11.5 Å². The van der Waals surface area contributed by atoms with Crippen molar-refractivity contribution in [1.29, 1.82) is 0 Å². The maximum Gasteiger partial charge on any atom is 0.223 e. The molecule has 0 atom stereocenters. The van der Waals surface area contributed by atoms with Crippen LogP contribution in [0.1, 0.15) is 5.56 Å². The van der Waals surface area contributed by atoms with Crippen molar-refractivity contribution in [2.45, 2.75) is 11.6 Å². The van der Waals surface area contributed by atoms with Gasteiger partial charge in [0.25, 0.3) is 0 Å². The molecule has 0 aliphatic carbocycles. The molecule has 0 saturated carbocycles. The zero-order valence-electron chi connectivity index (χ0n) is 9.31. The highest BCUT2D eigenvalue weighted by molar-refractivity contribution is 7.99. The monoisotopic (exact) mass is 300 g/mol. The van der Waals surface area contributed by atoms with Crippen LogP contribution >= 0.6 is 35.0 Å². The molecule has 1 aromatic heterocycles. The van der Waals surface area contributed by atoms with E-state index in [1.54, 1.807) is 6.07 Å². The van der Waals surface area contributed by atoms with E-state index in [-0.39, 0.29) is 5.95 Å². The average molecular weight is 301 g/mol. The SMILES string of the molecule is Nc1ncnc(SCCc2cccc(Cl)c2Cl)n1. The summed E-state index contributed by atoms with van der Waals surface area (Å²) < 4.78 is 0. The maximum atomic E-state index is 6.10. The van der Waals surface area contributed by atoms with E-state index in [0.717, 1.165) is 17.7 Å². The minimum absolute atomic E-state index is 0.230. The molecule has 0 spiro atoms. The molecule has 0 unspecified atom stereocenters. The molecule has 1 aromatic carbocycles. The van der Waals surface area contributed by atoms with Crippen LogP contribution in [-0.2, 0) is 6.42 Å². The first kappa shape index (κ1) is 13.4. The standard InChI is InChI=1S/C11H10Cl2N4S/c12-8-3-1-2-7(9(8)13)4-5-18-11-16-6-15-10(14)17-11/h1-3,6H,4-5H2,(H2,14,15,16,17). The molecular formula is C11H10Cl2N4S. The highest BCUT2D eigenvalue weighted by Crippen LogP contribution is 2.27. The Morgan fingerprint density at radius 2 is 2.06 bits per heavy atom. The van der Waals surface area contributed by atoms with Crippen LogP contribution in [-0.4, -0.2) is 20.7 Å². The minimum atomic E-state index is 0.230. The third-order valence-corrected chi connectivity index (χ3v) is 3.92. The lowest BCUT2D eigenvalue weighted by Crippen LogP contribution is -1.98. The van der Waals surface area contributed by atoms with Crippen molar-refractivity contribution in [3.05, 3.63) is 40.1 Å². The second kappa shape index (κ2) is 6.22. The lowest BCUT2D eigenvalue weighted by atomic mass is 10.2. The number of hydrogen-bond donors (Lipinski definition) is 1. The molecule has 18 heavy (non-hydrogen) atoms. The zero-order valence-corrected chi connectivity index (χ0v) is 11.6. The van der Waals surface area contributed by atoms with Crippen LogP contribution in [0.3, 0.4) is 0 Å². The Balaban J connectivity index is 1.94. The summed E-state index contributed by atoms with van der Waals surface area (Å²) >= 11 is 13.5. The summed E-state index contributed by atoms with van der Waals surface area (Å²) in [6.07, 6.45) is 2.19. The van der Waals surface area contributed by atoms with E-state index in [2.05, 4.69) is 15.0 Å². The highest BCUT2D eigenvalue weighted by Gasteiger charge is 2.05. The van der Waals surface area contributed by atoms with Crippen molar-refractivity contribution in [3.63, 3.8) is 0 Å². The first-order valence-electron chi connectivity index (χ1n) is 5.17. The molecular weight excluding hydrogens is 291 g/mol. The van der Waals surface area contributed by atoms with Crippen LogP contribution < -0.4 is 5.73 Å². The first-order chi connectivity index (χ1) is 8.66. The van der Waals surface area contributed by atoms with Crippen LogP contribution in [0.5, 0.6) is 0 Å². The van der Waals surface area contributed by atoms with Gasteiger partial charge < -0.3 is 5.73 Å². The Bertz CT molecular complexity index is 550. The fourth-order valence-corrected chi connectivity index (χ4v) is 2.56. The third-order valence-electron chi connectivity index (χ3n) is 2.20. The summed E-state index contributed by atoms with van der Waals surface area (Å²) in [5, 5.41) is 1.79. The number of nitrogen functional groups attached to an aromatic ring is 1. The predicted octanol–water partition coefficient (Wildman–Crippen LogP) is 3.10. The quantitative estimate of drug-likeness (QED) is 0.879. The molecule has 0 radical (unpaired) electrons. The van der Waals surface area contributed by atoms with Gasteiger partial charge in [0.05, 0.1) is 10.0 Å². The Morgan fingerprint density at radius 1 is 1.22 bits per heavy atom. The van der Waals surface area contributed by atoms with Gasteiger partial charge in [-0.1, -0.05) is 47.1 Å². The maximum absolute atomic E-state index is 6.10. The number of nitrogens with zero attached hydrogens (tertiary/aromatic N) is 3. The van der Waals surface area contributed by atoms with Gasteiger partial charge in [0.15, 0.2) is 5.16 Å². The van der Waals surface area contributed by atoms with Crippen LogP contribution in [0.2, 0.25) is 10.0 Å². The fourth-order valence-electron chi connectivity index (χ4n) is 1.36. The summed E-state index contributed by atoms with van der Waals surface area (Å²) in [7, 11) is 0. The van der Waals surface area contributed by atoms with Crippen molar-refractivity contribution in [3.8, 4) is 0 Å². The Labute approximate surface area is 119 Å². The summed E-state index contributed by atoms with van der Waals surface area (Å²) in [5.74, 6) is 1.03. The van der Waals surface area contributed by atoms with Gasteiger partial charge in [-0.2, -0.15) is 4.98 Å². The number of halogens is 2. The average Bonchev–Trinajstić information content (AvgIpc) is 2.35. The summed E-state index contributed by atoms with van der Waals surface area (Å²) in [6, 6.07) is 5.61. The van der Waals surface area contributed by atoms with Crippen LogP contribution in [0.4, 0.5) is 5.95 Å². The number of benzene rings is 1. The van der Waals surface area contributed by atoms with Gasteiger partial charge >= 0.3 is 0 Å². The van der Waals surface area contributed by atoms with Gasteiger partial charge in [-0.3, -0.25) is 0 Å². The normalized spacial score (nSPS) is 10.6. The number of aromatic nitrogens is 3. The third kappa shape index (κ3) is 3.48. The molecule has 2 aromatic rings. The Kier molecular flexibility index (Phi) is 4.63. The van der Waals surface area contributed by atoms with Crippen molar-refractivity contribution in [1.82, 2.24) is 15.0 Å². The van der Waals surface area contributed by atoms with E-state index in [1.165, 1.54) is 18.1 Å². The predicted molar refractivity (Wildman–Crippen MR) is 75.1 cm³/mol. The van der Waals surface area contributed by atoms with E-state index < -0.39 is 0 Å². The molecule has 2 N–H and O–H groups in total. The van der Waals surface area contributed by atoms with E-state index >= 15 is 0 Å². The summed E-state index contributed by atoms with van der Waals surface area (Å²) in [4.78, 5) is 11.8. The molecule has 0 saturated heterocycles.